The van der Waals surface area contributed by atoms with Gasteiger partial charge in [0.15, 0.2) is 5.60 Å². The minimum Gasteiger partial charge on any atom is -0.477 e. The lowest BCUT2D eigenvalue weighted by molar-refractivity contribution is -0.207. The molecule has 0 saturated carbocycles. The zero-order chi connectivity index (χ0) is 14.8. The standard InChI is InChI=1S/C14H18F2O3/c1-9(2)8-10-4-6-11(7-5-10)13(3,19)14(15,16)12(17)18/h4-7,9,19H,8H2,1-3H3,(H,17,18). The van der Waals surface area contributed by atoms with Crippen LogP contribution < -0.4 is 0 Å². The van der Waals surface area contributed by atoms with E-state index in [1.807, 2.05) is 13.8 Å². The first-order chi connectivity index (χ1) is 8.59. The maximum atomic E-state index is 13.5. The number of aliphatic carboxylic acids is 1. The summed E-state index contributed by atoms with van der Waals surface area (Å²) in [5.74, 6) is -6.16. The molecule has 0 aliphatic heterocycles. The van der Waals surface area contributed by atoms with Crippen molar-refractivity contribution in [1.29, 1.82) is 0 Å². The average molecular weight is 272 g/mol. The molecule has 0 bridgehead atoms. The van der Waals surface area contributed by atoms with Crippen molar-refractivity contribution in [2.24, 2.45) is 5.92 Å². The van der Waals surface area contributed by atoms with Crippen LogP contribution in [-0.4, -0.2) is 22.1 Å². The largest absolute Gasteiger partial charge is 0.477 e. The number of carboxylic acid groups (broad SMARTS) is 1. The smallest absolute Gasteiger partial charge is 0.378 e. The van der Waals surface area contributed by atoms with Gasteiger partial charge in [-0.3, -0.25) is 0 Å². The lowest BCUT2D eigenvalue weighted by Gasteiger charge is -2.29. The van der Waals surface area contributed by atoms with Gasteiger partial charge in [-0.1, -0.05) is 38.1 Å². The molecule has 0 fully saturated rings. The van der Waals surface area contributed by atoms with Crippen LogP contribution in [0, 0.1) is 5.92 Å². The fourth-order valence-electron chi connectivity index (χ4n) is 1.83. The van der Waals surface area contributed by atoms with E-state index >= 15 is 0 Å². The van der Waals surface area contributed by atoms with E-state index in [4.69, 9.17) is 5.11 Å². The lowest BCUT2D eigenvalue weighted by Crippen LogP contribution is -2.48. The summed E-state index contributed by atoms with van der Waals surface area (Å²) in [6.07, 6.45) is 0.789. The van der Waals surface area contributed by atoms with Gasteiger partial charge in [0.1, 0.15) is 0 Å². The molecule has 0 radical (unpaired) electrons. The zero-order valence-electron chi connectivity index (χ0n) is 11.2. The number of benzene rings is 1. The Morgan fingerprint density at radius 1 is 1.26 bits per heavy atom. The van der Waals surface area contributed by atoms with Gasteiger partial charge in [-0.15, -0.1) is 0 Å². The Labute approximate surface area is 110 Å². The third-order valence-corrected chi connectivity index (χ3v) is 3.04. The summed E-state index contributed by atoms with van der Waals surface area (Å²) in [6.45, 7) is 4.86. The summed E-state index contributed by atoms with van der Waals surface area (Å²) < 4.78 is 26.9. The van der Waals surface area contributed by atoms with Crippen LogP contribution >= 0.6 is 0 Å². The Morgan fingerprint density at radius 2 is 1.74 bits per heavy atom. The van der Waals surface area contributed by atoms with E-state index in [1.54, 1.807) is 12.1 Å². The van der Waals surface area contributed by atoms with Crippen LogP contribution in [0.3, 0.4) is 0 Å². The first-order valence-corrected chi connectivity index (χ1v) is 6.02. The molecular weight excluding hydrogens is 254 g/mol. The number of hydrogen-bond donors (Lipinski definition) is 2. The fourth-order valence-corrected chi connectivity index (χ4v) is 1.83. The van der Waals surface area contributed by atoms with Gasteiger partial charge in [-0.2, -0.15) is 8.78 Å². The summed E-state index contributed by atoms with van der Waals surface area (Å²) in [5.41, 5.74) is -1.91. The van der Waals surface area contributed by atoms with Gasteiger partial charge in [0.2, 0.25) is 0 Å². The maximum absolute atomic E-state index is 13.5. The Kier molecular flexibility index (Phi) is 4.30. The van der Waals surface area contributed by atoms with Gasteiger partial charge < -0.3 is 10.2 Å². The van der Waals surface area contributed by atoms with Gasteiger partial charge in [0, 0.05) is 0 Å². The maximum Gasteiger partial charge on any atom is 0.378 e. The molecule has 1 unspecified atom stereocenters. The number of carboxylic acids is 1. The normalized spacial score (nSPS) is 15.3. The molecule has 0 aliphatic carbocycles. The summed E-state index contributed by atoms with van der Waals surface area (Å²) in [4.78, 5) is 10.5. The predicted octanol–water partition coefficient (Wildman–Crippen LogP) is 2.81. The third-order valence-electron chi connectivity index (χ3n) is 3.04. The Hall–Kier alpha value is -1.49. The highest BCUT2D eigenvalue weighted by molar-refractivity contribution is 5.77. The topological polar surface area (TPSA) is 57.5 Å². The van der Waals surface area contributed by atoms with Crippen molar-refractivity contribution in [2.75, 3.05) is 0 Å². The van der Waals surface area contributed by atoms with Gasteiger partial charge in [-0.25, -0.2) is 4.79 Å². The van der Waals surface area contributed by atoms with Crippen LogP contribution in [0.25, 0.3) is 0 Å². The highest BCUT2D eigenvalue weighted by Gasteiger charge is 2.56. The van der Waals surface area contributed by atoms with Crippen molar-refractivity contribution < 1.29 is 23.8 Å². The number of carbonyl (C=O) groups is 1. The van der Waals surface area contributed by atoms with Crippen LogP contribution in [0.2, 0.25) is 0 Å². The summed E-state index contributed by atoms with van der Waals surface area (Å²) in [6, 6.07) is 5.94. The van der Waals surface area contributed by atoms with Gasteiger partial charge >= 0.3 is 11.9 Å². The Balaban J connectivity index is 3.06. The lowest BCUT2D eigenvalue weighted by atomic mass is 9.88. The molecule has 2 N–H and O–H groups in total. The minimum absolute atomic E-state index is 0.118. The summed E-state index contributed by atoms with van der Waals surface area (Å²) >= 11 is 0. The predicted molar refractivity (Wildman–Crippen MR) is 67.1 cm³/mol. The van der Waals surface area contributed by atoms with Crippen molar-refractivity contribution in [2.45, 2.75) is 38.7 Å². The van der Waals surface area contributed by atoms with E-state index in [0.29, 0.717) is 5.92 Å². The van der Waals surface area contributed by atoms with Gasteiger partial charge in [0.25, 0.3) is 0 Å². The molecule has 1 aromatic rings. The quantitative estimate of drug-likeness (QED) is 0.866. The number of rotatable bonds is 5. The Morgan fingerprint density at radius 3 is 2.11 bits per heavy atom. The molecule has 1 aromatic carbocycles. The average Bonchev–Trinajstić information content (AvgIpc) is 2.28. The van der Waals surface area contributed by atoms with Crippen LogP contribution in [0.15, 0.2) is 24.3 Å². The zero-order valence-corrected chi connectivity index (χ0v) is 11.2. The molecule has 5 heteroatoms. The molecule has 1 rings (SSSR count). The van der Waals surface area contributed by atoms with Crippen molar-refractivity contribution in [3.63, 3.8) is 0 Å². The second kappa shape index (κ2) is 5.25. The van der Waals surface area contributed by atoms with E-state index in [9.17, 15) is 18.7 Å². The van der Waals surface area contributed by atoms with Crippen LogP contribution in [0.4, 0.5) is 8.78 Å². The molecular formula is C14H18F2O3. The summed E-state index contributed by atoms with van der Waals surface area (Å²) in [7, 11) is 0. The molecule has 0 aliphatic rings. The fraction of sp³-hybridized carbons (Fsp3) is 0.500. The molecule has 0 saturated heterocycles. The van der Waals surface area contributed by atoms with Crippen LogP contribution in [-0.2, 0) is 16.8 Å². The van der Waals surface area contributed by atoms with Crippen molar-refractivity contribution in [3.05, 3.63) is 35.4 Å². The van der Waals surface area contributed by atoms with E-state index in [0.717, 1.165) is 18.9 Å². The molecule has 1 atom stereocenters. The number of aliphatic hydroxyl groups is 1. The molecule has 0 heterocycles. The van der Waals surface area contributed by atoms with Crippen LogP contribution in [0.5, 0.6) is 0 Å². The van der Waals surface area contributed by atoms with E-state index in [2.05, 4.69) is 0 Å². The van der Waals surface area contributed by atoms with E-state index < -0.39 is 17.5 Å². The Bertz CT molecular complexity index is 450. The molecule has 106 valence electrons. The molecule has 19 heavy (non-hydrogen) atoms. The molecule has 3 nitrogen and oxygen atoms in total. The number of halogens is 2. The van der Waals surface area contributed by atoms with Crippen LogP contribution in [0.1, 0.15) is 31.9 Å². The van der Waals surface area contributed by atoms with Crippen molar-refractivity contribution in [3.8, 4) is 0 Å². The highest BCUT2D eigenvalue weighted by atomic mass is 19.3. The minimum atomic E-state index is -4.24. The van der Waals surface area contributed by atoms with Gasteiger partial charge in [-0.05, 0) is 30.4 Å². The van der Waals surface area contributed by atoms with Gasteiger partial charge in [0.05, 0.1) is 0 Å². The first kappa shape index (κ1) is 15.6. The number of alkyl halides is 2. The van der Waals surface area contributed by atoms with Crippen molar-refractivity contribution >= 4 is 5.97 Å². The molecule has 0 amide bonds. The first-order valence-electron chi connectivity index (χ1n) is 6.02. The summed E-state index contributed by atoms with van der Waals surface area (Å²) in [5, 5.41) is 18.3. The van der Waals surface area contributed by atoms with E-state index in [-0.39, 0.29) is 5.56 Å². The number of hydrogen-bond acceptors (Lipinski definition) is 2. The monoisotopic (exact) mass is 272 g/mol. The molecule has 0 spiro atoms. The second-order valence-electron chi connectivity index (χ2n) is 5.25. The SMILES string of the molecule is CC(C)Cc1ccc(C(C)(O)C(F)(F)C(=O)O)cc1. The van der Waals surface area contributed by atoms with Crippen molar-refractivity contribution in [1.82, 2.24) is 0 Å². The van der Waals surface area contributed by atoms with E-state index in [1.165, 1.54) is 12.1 Å². The second-order valence-corrected chi connectivity index (χ2v) is 5.25. The third kappa shape index (κ3) is 3.10. The highest BCUT2D eigenvalue weighted by Crippen LogP contribution is 2.37. The molecule has 0 aromatic heterocycles.